The van der Waals surface area contributed by atoms with Crippen LogP contribution in [-0.2, 0) is 19.7 Å². The zero-order chi connectivity index (χ0) is 22.8. The van der Waals surface area contributed by atoms with Crippen LogP contribution in [0.15, 0.2) is 71.0 Å². The van der Waals surface area contributed by atoms with Crippen molar-refractivity contribution in [2.24, 2.45) is 0 Å². The highest BCUT2D eigenvalue weighted by Crippen LogP contribution is 2.40. The summed E-state index contributed by atoms with van der Waals surface area (Å²) in [5.74, 6) is 0. The fourth-order valence-corrected chi connectivity index (χ4v) is 4.97. The van der Waals surface area contributed by atoms with Gasteiger partial charge in [-0.05, 0) is 28.9 Å². The summed E-state index contributed by atoms with van der Waals surface area (Å²) in [4.78, 5) is 0. The molecule has 0 aliphatic carbocycles. The molecule has 0 heterocycles. The van der Waals surface area contributed by atoms with Gasteiger partial charge in [0, 0.05) is 0 Å². The van der Waals surface area contributed by atoms with Gasteiger partial charge in [0.05, 0.1) is 0 Å². The molecule has 0 aromatic heterocycles. The third-order valence-corrected chi connectivity index (χ3v) is 7.47. The van der Waals surface area contributed by atoms with Crippen LogP contribution < -0.4 is 0 Å². The minimum atomic E-state index is -6.86. The van der Waals surface area contributed by atoms with Crippen molar-refractivity contribution in [1.82, 2.24) is 0 Å². The molecule has 2 aromatic carbocycles. The van der Waals surface area contributed by atoms with Gasteiger partial charge in [-0.25, -0.2) is 16.8 Å². The Morgan fingerprint density at radius 2 is 1.07 bits per heavy atom. The number of halogens is 6. The zero-order valence-corrected chi connectivity index (χ0v) is 16.3. The maximum absolute atomic E-state index is 13.0. The molecule has 0 saturated carbocycles. The first-order chi connectivity index (χ1) is 13.7. The molecule has 162 valence electrons. The van der Waals surface area contributed by atoms with Crippen LogP contribution in [0.4, 0.5) is 26.3 Å². The Morgan fingerprint density at radius 1 is 0.667 bits per heavy atom. The summed E-state index contributed by atoms with van der Waals surface area (Å²) >= 11 is 0. The van der Waals surface area contributed by atoms with Crippen LogP contribution in [0.1, 0.15) is 11.1 Å². The molecule has 30 heavy (non-hydrogen) atoms. The van der Waals surface area contributed by atoms with Gasteiger partial charge in [0.25, 0.3) is 19.7 Å². The van der Waals surface area contributed by atoms with Crippen molar-refractivity contribution < 1.29 is 43.2 Å². The largest absolute Gasteiger partial charge is 0.502 e. The highest BCUT2D eigenvalue weighted by molar-refractivity contribution is 8.15. The SMILES string of the molecule is O=S(=O)(C(=C/C(=C/c1ccccc1)c1ccccc1)S(=O)(=O)C(F)(F)F)C(F)(F)F. The van der Waals surface area contributed by atoms with Gasteiger partial charge in [-0.2, -0.15) is 26.3 Å². The molecular formula is C18H12F6O4S2. The first kappa shape index (κ1) is 23.7. The van der Waals surface area contributed by atoms with Crippen molar-refractivity contribution in [1.29, 1.82) is 0 Å². The lowest BCUT2D eigenvalue weighted by molar-refractivity contribution is -0.0444. The van der Waals surface area contributed by atoms with Crippen molar-refractivity contribution in [3.05, 3.63) is 82.1 Å². The molecule has 0 bridgehead atoms. The molecule has 12 heteroatoms. The van der Waals surface area contributed by atoms with Crippen molar-refractivity contribution in [2.75, 3.05) is 0 Å². The number of hydrogen-bond acceptors (Lipinski definition) is 4. The lowest BCUT2D eigenvalue weighted by Crippen LogP contribution is -2.34. The molecule has 0 atom stereocenters. The van der Waals surface area contributed by atoms with Crippen LogP contribution in [0, 0.1) is 0 Å². The monoisotopic (exact) mass is 470 g/mol. The normalized spacial score (nSPS) is 13.7. The second-order valence-electron chi connectivity index (χ2n) is 5.74. The molecule has 0 aliphatic heterocycles. The molecule has 0 aliphatic rings. The summed E-state index contributed by atoms with van der Waals surface area (Å²) in [5, 5.41) is 0. The van der Waals surface area contributed by atoms with E-state index in [1.54, 1.807) is 6.07 Å². The predicted octanol–water partition coefficient (Wildman–Crippen LogP) is 4.94. The molecule has 2 aromatic rings. The predicted molar refractivity (Wildman–Crippen MR) is 98.8 cm³/mol. The Labute approximate surface area is 168 Å². The standard InChI is InChI=1S/C18H12F6O4S2/c19-17(20,21)29(25,26)16(30(27,28)18(22,23)24)12-15(14-9-5-2-6-10-14)11-13-7-3-1-4-8-13/h1-12H/b15-11-. The topological polar surface area (TPSA) is 68.3 Å². The molecule has 0 unspecified atom stereocenters. The summed E-state index contributed by atoms with van der Waals surface area (Å²) in [6.45, 7) is 0. The number of rotatable bonds is 5. The van der Waals surface area contributed by atoms with Crippen molar-refractivity contribution in [2.45, 2.75) is 11.0 Å². The molecule has 0 fully saturated rings. The van der Waals surface area contributed by atoms with E-state index >= 15 is 0 Å². The molecule has 0 radical (unpaired) electrons. The maximum atomic E-state index is 13.0. The summed E-state index contributed by atoms with van der Waals surface area (Å²) < 4.78 is 122. The van der Waals surface area contributed by atoms with Crippen molar-refractivity contribution >= 4 is 31.3 Å². The summed E-state index contributed by atoms with van der Waals surface area (Å²) in [6, 6.07) is 14.3. The zero-order valence-electron chi connectivity index (χ0n) is 14.6. The smallest absolute Gasteiger partial charge is 0.214 e. The minimum absolute atomic E-state index is 0.00592. The molecule has 0 spiro atoms. The van der Waals surface area contributed by atoms with E-state index in [1.165, 1.54) is 54.6 Å². The van der Waals surface area contributed by atoms with Crippen LogP contribution in [-0.4, -0.2) is 27.9 Å². The average molecular weight is 470 g/mol. The number of hydrogen-bond donors (Lipinski definition) is 0. The number of alkyl halides is 6. The third kappa shape index (κ3) is 4.93. The van der Waals surface area contributed by atoms with E-state index in [0.29, 0.717) is 0 Å². The van der Waals surface area contributed by atoms with Crippen molar-refractivity contribution in [3.63, 3.8) is 0 Å². The van der Waals surface area contributed by atoms with Gasteiger partial charge in [-0.1, -0.05) is 60.7 Å². The van der Waals surface area contributed by atoms with Gasteiger partial charge in [-0.3, -0.25) is 0 Å². The minimum Gasteiger partial charge on any atom is -0.214 e. The van der Waals surface area contributed by atoms with Gasteiger partial charge in [0.2, 0.25) is 0 Å². The third-order valence-electron chi connectivity index (χ3n) is 3.64. The number of benzene rings is 2. The molecular weight excluding hydrogens is 458 g/mol. The average Bonchev–Trinajstić information content (AvgIpc) is 2.64. The van der Waals surface area contributed by atoms with Gasteiger partial charge in [0.15, 0.2) is 4.24 Å². The lowest BCUT2D eigenvalue weighted by Gasteiger charge is -2.15. The molecule has 2 rings (SSSR count). The summed E-state index contributed by atoms with van der Waals surface area (Å²) in [6.07, 6.45) is 0.932. The Balaban J connectivity index is 2.91. The molecule has 4 nitrogen and oxygen atoms in total. The summed E-state index contributed by atoms with van der Waals surface area (Å²) in [7, 11) is -13.7. The Bertz CT molecular complexity index is 1120. The number of sulfone groups is 2. The highest BCUT2D eigenvalue weighted by atomic mass is 32.3. The quantitative estimate of drug-likeness (QED) is 0.353. The summed E-state index contributed by atoms with van der Waals surface area (Å²) in [5.41, 5.74) is -12.8. The van der Waals surface area contributed by atoms with Gasteiger partial charge >= 0.3 is 11.0 Å². The van der Waals surface area contributed by atoms with E-state index in [0.717, 1.165) is 6.08 Å². The maximum Gasteiger partial charge on any atom is 0.502 e. The van der Waals surface area contributed by atoms with Gasteiger partial charge in [0.1, 0.15) is 0 Å². The Kier molecular flexibility index (Phi) is 6.52. The van der Waals surface area contributed by atoms with Crippen LogP contribution >= 0.6 is 0 Å². The first-order valence-corrected chi connectivity index (χ1v) is 10.8. The molecule has 0 N–H and O–H groups in total. The fraction of sp³-hybridized carbons (Fsp3) is 0.111. The molecule has 0 saturated heterocycles. The number of allylic oxidation sites excluding steroid dienone is 2. The van der Waals surface area contributed by atoms with Crippen LogP contribution in [0.5, 0.6) is 0 Å². The van der Waals surface area contributed by atoms with Gasteiger partial charge in [-0.15, -0.1) is 0 Å². The van der Waals surface area contributed by atoms with E-state index < -0.39 is 40.5 Å². The Morgan fingerprint density at radius 3 is 1.47 bits per heavy atom. The second-order valence-corrected chi connectivity index (χ2v) is 9.82. The van der Waals surface area contributed by atoms with E-state index in [-0.39, 0.29) is 17.2 Å². The van der Waals surface area contributed by atoms with Crippen LogP contribution in [0.3, 0.4) is 0 Å². The Hall–Kier alpha value is -2.60. The lowest BCUT2D eigenvalue weighted by atomic mass is 10.0. The van der Waals surface area contributed by atoms with E-state index in [4.69, 9.17) is 0 Å². The first-order valence-electron chi connectivity index (χ1n) is 7.84. The fourth-order valence-electron chi connectivity index (χ4n) is 2.22. The van der Waals surface area contributed by atoms with Crippen molar-refractivity contribution in [3.8, 4) is 0 Å². The molecule has 0 amide bonds. The van der Waals surface area contributed by atoms with E-state index in [9.17, 15) is 43.2 Å². The van der Waals surface area contributed by atoms with E-state index in [1.807, 2.05) is 0 Å². The van der Waals surface area contributed by atoms with Crippen LogP contribution in [0.25, 0.3) is 11.6 Å². The van der Waals surface area contributed by atoms with E-state index in [2.05, 4.69) is 0 Å². The second kappa shape index (κ2) is 8.26. The van der Waals surface area contributed by atoms with Crippen LogP contribution in [0.2, 0.25) is 0 Å². The van der Waals surface area contributed by atoms with Gasteiger partial charge < -0.3 is 0 Å². The highest BCUT2D eigenvalue weighted by Gasteiger charge is 2.59.